The van der Waals surface area contributed by atoms with E-state index in [1.807, 2.05) is 24.3 Å². The molecule has 0 fully saturated rings. The first-order valence-electron chi connectivity index (χ1n) is 6.04. The second kappa shape index (κ2) is 5.60. The van der Waals surface area contributed by atoms with E-state index in [2.05, 4.69) is 5.32 Å². The largest absolute Gasteiger partial charge is 0.481 e. The predicted molar refractivity (Wildman–Crippen MR) is 67.9 cm³/mol. The summed E-state index contributed by atoms with van der Waals surface area (Å²) in [5, 5.41) is 19.7. The van der Waals surface area contributed by atoms with Gasteiger partial charge in [0.25, 0.3) is 0 Å². The molecule has 0 radical (unpaired) electrons. The van der Waals surface area contributed by atoms with Crippen LogP contribution in [0.1, 0.15) is 17.5 Å². The van der Waals surface area contributed by atoms with Crippen molar-refractivity contribution in [1.82, 2.24) is 10.2 Å². The first-order valence-corrected chi connectivity index (χ1v) is 6.04. The normalized spacial score (nSPS) is 14.5. The third-order valence-electron chi connectivity index (χ3n) is 3.10. The van der Waals surface area contributed by atoms with E-state index in [4.69, 9.17) is 10.2 Å². The minimum atomic E-state index is -1.43. The van der Waals surface area contributed by atoms with E-state index in [0.29, 0.717) is 13.1 Å². The first kappa shape index (κ1) is 13.9. The highest BCUT2D eigenvalue weighted by Crippen LogP contribution is 2.22. The van der Waals surface area contributed by atoms with Crippen molar-refractivity contribution in [3.63, 3.8) is 0 Å². The minimum Gasteiger partial charge on any atom is -0.481 e. The number of rotatable bonds is 4. The molecule has 0 bridgehead atoms. The molecule has 1 aromatic rings. The highest BCUT2D eigenvalue weighted by Gasteiger charge is 2.28. The van der Waals surface area contributed by atoms with Crippen LogP contribution in [0.3, 0.4) is 0 Å². The molecule has 1 aliphatic heterocycles. The standard InChI is InChI=1S/C13H14N2O5/c16-11(17)5-10(12(18)19)14-13(20)15-6-8-3-1-2-4-9(8)7-15/h1-4,10H,5-7H2,(H,14,20)(H,16,17)(H,18,19)/t10-/m1/s1. The number of carboxylic acid groups (broad SMARTS) is 2. The van der Waals surface area contributed by atoms with E-state index in [9.17, 15) is 14.4 Å². The Hall–Kier alpha value is -2.57. The number of urea groups is 1. The summed E-state index contributed by atoms with van der Waals surface area (Å²) in [4.78, 5) is 34.9. The molecule has 0 unspecified atom stereocenters. The molecule has 0 aliphatic carbocycles. The number of carbonyl (C=O) groups is 3. The molecule has 0 saturated carbocycles. The van der Waals surface area contributed by atoms with E-state index in [1.165, 1.54) is 4.90 Å². The molecule has 0 saturated heterocycles. The number of aliphatic carboxylic acids is 2. The smallest absolute Gasteiger partial charge is 0.326 e. The third-order valence-corrected chi connectivity index (χ3v) is 3.10. The van der Waals surface area contributed by atoms with Crippen molar-refractivity contribution >= 4 is 18.0 Å². The number of carboxylic acids is 2. The lowest BCUT2D eigenvalue weighted by atomic mass is 10.1. The summed E-state index contributed by atoms with van der Waals surface area (Å²) < 4.78 is 0. The monoisotopic (exact) mass is 278 g/mol. The summed E-state index contributed by atoms with van der Waals surface area (Å²) in [5.41, 5.74) is 2.01. The lowest BCUT2D eigenvalue weighted by molar-refractivity contribution is -0.145. The van der Waals surface area contributed by atoms with Gasteiger partial charge in [0, 0.05) is 13.1 Å². The number of hydrogen-bond acceptors (Lipinski definition) is 3. The van der Waals surface area contributed by atoms with Gasteiger partial charge >= 0.3 is 18.0 Å². The van der Waals surface area contributed by atoms with E-state index in [1.54, 1.807) is 0 Å². The summed E-state index contributed by atoms with van der Waals surface area (Å²) in [7, 11) is 0. The Labute approximate surface area is 114 Å². The zero-order chi connectivity index (χ0) is 14.7. The van der Waals surface area contributed by atoms with Crippen molar-refractivity contribution in [3.05, 3.63) is 35.4 Å². The molecule has 1 aliphatic rings. The molecule has 2 amide bonds. The molecule has 3 N–H and O–H groups in total. The SMILES string of the molecule is O=C(O)C[C@@H](NC(=O)N1Cc2ccccc2C1)C(=O)O. The number of benzene rings is 1. The van der Waals surface area contributed by atoms with Crippen molar-refractivity contribution in [2.75, 3.05) is 0 Å². The van der Waals surface area contributed by atoms with Gasteiger partial charge in [0.15, 0.2) is 0 Å². The fourth-order valence-electron chi connectivity index (χ4n) is 2.09. The van der Waals surface area contributed by atoms with E-state index < -0.39 is 30.4 Å². The number of carbonyl (C=O) groups excluding carboxylic acids is 1. The van der Waals surface area contributed by atoms with Gasteiger partial charge in [0.05, 0.1) is 6.42 Å². The second-order valence-corrected chi connectivity index (χ2v) is 4.56. The van der Waals surface area contributed by atoms with Crippen LogP contribution in [0.5, 0.6) is 0 Å². The maximum atomic E-state index is 12.0. The molecule has 1 atom stereocenters. The molecule has 1 heterocycles. The Morgan fingerprint density at radius 2 is 1.70 bits per heavy atom. The van der Waals surface area contributed by atoms with Crippen molar-refractivity contribution in [3.8, 4) is 0 Å². The molecule has 0 spiro atoms. The molecule has 7 heteroatoms. The van der Waals surface area contributed by atoms with Gasteiger partial charge in [-0.1, -0.05) is 24.3 Å². The Bertz CT molecular complexity index is 532. The molecular formula is C13H14N2O5. The summed E-state index contributed by atoms with van der Waals surface area (Å²) in [5.74, 6) is -2.64. The maximum absolute atomic E-state index is 12.0. The summed E-state index contributed by atoms with van der Waals surface area (Å²) in [6.07, 6.45) is -0.651. The van der Waals surface area contributed by atoms with Gasteiger partial charge in [-0.05, 0) is 11.1 Å². The molecule has 0 aromatic heterocycles. The Morgan fingerprint density at radius 3 is 2.15 bits per heavy atom. The number of nitrogens with one attached hydrogen (secondary N) is 1. The lowest BCUT2D eigenvalue weighted by Crippen LogP contribution is -2.47. The molecule has 2 rings (SSSR count). The number of nitrogens with zero attached hydrogens (tertiary/aromatic N) is 1. The third kappa shape index (κ3) is 3.05. The van der Waals surface area contributed by atoms with E-state index in [0.717, 1.165) is 11.1 Å². The second-order valence-electron chi connectivity index (χ2n) is 4.56. The van der Waals surface area contributed by atoms with Crippen LogP contribution in [0.15, 0.2) is 24.3 Å². The van der Waals surface area contributed by atoms with Gasteiger partial charge < -0.3 is 20.4 Å². The van der Waals surface area contributed by atoms with Crippen molar-refractivity contribution in [2.45, 2.75) is 25.6 Å². The van der Waals surface area contributed by atoms with Gasteiger partial charge in [0.2, 0.25) is 0 Å². The van der Waals surface area contributed by atoms with Gasteiger partial charge in [-0.2, -0.15) is 0 Å². The summed E-state index contributed by atoms with van der Waals surface area (Å²) in [6, 6.07) is 5.52. The number of amides is 2. The fourth-order valence-corrected chi connectivity index (χ4v) is 2.09. The van der Waals surface area contributed by atoms with E-state index >= 15 is 0 Å². The van der Waals surface area contributed by atoms with E-state index in [-0.39, 0.29) is 0 Å². The molecule has 106 valence electrons. The topological polar surface area (TPSA) is 107 Å². The van der Waals surface area contributed by atoms with Crippen LogP contribution in [0.25, 0.3) is 0 Å². The summed E-state index contributed by atoms with van der Waals surface area (Å²) in [6.45, 7) is 0.781. The zero-order valence-electron chi connectivity index (χ0n) is 10.6. The zero-order valence-corrected chi connectivity index (χ0v) is 10.6. The lowest BCUT2D eigenvalue weighted by Gasteiger charge is -2.19. The fraction of sp³-hybridized carbons (Fsp3) is 0.308. The molecule has 20 heavy (non-hydrogen) atoms. The van der Waals surface area contributed by atoms with Crippen molar-refractivity contribution < 1.29 is 24.6 Å². The Kier molecular flexibility index (Phi) is 3.88. The molecule has 7 nitrogen and oxygen atoms in total. The van der Waals surface area contributed by atoms with Gasteiger partial charge in [-0.25, -0.2) is 9.59 Å². The minimum absolute atomic E-state index is 0.390. The van der Waals surface area contributed by atoms with Crippen LogP contribution in [-0.4, -0.2) is 39.1 Å². The molecule has 1 aromatic carbocycles. The average Bonchev–Trinajstić information content (AvgIpc) is 2.81. The van der Waals surface area contributed by atoms with Crippen LogP contribution in [0.2, 0.25) is 0 Å². The highest BCUT2D eigenvalue weighted by molar-refractivity contribution is 5.86. The predicted octanol–water partition coefficient (Wildman–Crippen LogP) is 0.640. The van der Waals surface area contributed by atoms with Crippen molar-refractivity contribution in [1.29, 1.82) is 0 Å². The van der Waals surface area contributed by atoms with Gasteiger partial charge in [-0.15, -0.1) is 0 Å². The van der Waals surface area contributed by atoms with Gasteiger partial charge in [0.1, 0.15) is 6.04 Å². The molecular weight excluding hydrogens is 264 g/mol. The Balaban J connectivity index is 1.99. The van der Waals surface area contributed by atoms with Crippen LogP contribution in [-0.2, 0) is 22.7 Å². The number of hydrogen-bond donors (Lipinski definition) is 3. The maximum Gasteiger partial charge on any atom is 0.326 e. The summed E-state index contributed by atoms with van der Waals surface area (Å²) >= 11 is 0. The van der Waals surface area contributed by atoms with Crippen LogP contribution < -0.4 is 5.32 Å². The number of fused-ring (bicyclic) bond motifs is 1. The average molecular weight is 278 g/mol. The van der Waals surface area contributed by atoms with Gasteiger partial charge in [-0.3, -0.25) is 4.79 Å². The van der Waals surface area contributed by atoms with Crippen LogP contribution in [0.4, 0.5) is 4.79 Å². The van der Waals surface area contributed by atoms with Crippen molar-refractivity contribution in [2.24, 2.45) is 0 Å². The quantitative estimate of drug-likeness (QED) is 0.749. The highest BCUT2D eigenvalue weighted by atomic mass is 16.4. The first-order chi connectivity index (χ1) is 9.47. The van der Waals surface area contributed by atoms with Crippen LogP contribution >= 0.6 is 0 Å². The Morgan fingerprint density at radius 1 is 1.15 bits per heavy atom. The van der Waals surface area contributed by atoms with Crippen LogP contribution in [0, 0.1) is 0 Å².